The van der Waals surface area contributed by atoms with Crippen LogP contribution in [0.1, 0.15) is 30.9 Å². The van der Waals surface area contributed by atoms with Gasteiger partial charge in [-0.2, -0.15) is 0 Å². The van der Waals surface area contributed by atoms with Crippen LogP contribution >= 0.6 is 0 Å². The lowest BCUT2D eigenvalue weighted by Gasteiger charge is -2.08. The zero-order chi connectivity index (χ0) is 22.3. The molecule has 0 atom stereocenters. The first kappa shape index (κ1) is 21.8. The molecule has 32 heavy (non-hydrogen) atoms. The zero-order valence-corrected chi connectivity index (χ0v) is 18.2. The number of aryl methyl sites for hydroxylation is 2. The summed E-state index contributed by atoms with van der Waals surface area (Å²) >= 11 is 0. The summed E-state index contributed by atoms with van der Waals surface area (Å²) < 4.78 is 11.8. The molecule has 5 nitrogen and oxygen atoms in total. The third-order valence-corrected chi connectivity index (χ3v) is 5.56. The van der Waals surface area contributed by atoms with Gasteiger partial charge in [-0.1, -0.05) is 61.5 Å². The summed E-state index contributed by atoms with van der Waals surface area (Å²) in [4.78, 5) is 15.2. The number of nitrogens with zero attached hydrogens (tertiary/aromatic N) is 1. The molecular formula is C27H27NO4. The first-order chi connectivity index (χ1) is 15.7. The Bertz CT molecular complexity index is 1180. The van der Waals surface area contributed by atoms with E-state index in [2.05, 4.69) is 48.3 Å². The predicted molar refractivity (Wildman–Crippen MR) is 126 cm³/mol. The van der Waals surface area contributed by atoms with Crippen LogP contribution in [0.25, 0.3) is 33.6 Å². The third-order valence-electron chi connectivity index (χ3n) is 5.56. The van der Waals surface area contributed by atoms with Crippen molar-refractivity contribution in [1.29, 1.82) is 0 Å². The Balaban J connectivity index is 1.71. The summed E-state index contributed by atoms with van der Waals surface area (Å²) in [6, 6.07) is 20.8. The molecule has 0 radical (unpaired) electrons. The number of aliphatic carboxylic acids is 1. The minimum Gasteiger partial charge on any atom is -0.481 e. The number of pyridine rings is 1. The number of hydrogen-bond donors (Lipinski definition) is 1. The molecule has 5 heteroatoms. The van der Waals surface area contributed by atoms with Gasteiger partial charge in [-0.3, -0.25) is 4.79 Å². The Labute approximate surface area is 187 Å². The lowest BCUT2D eigenvalue weighted by atomic mass is 9.95. The van der Waals surface area contributed by atoms with Crippen molar-refractivity contribution < 1.29 is 19.1 Å². The average Bonchev–Trinajstić information content (AvgIpc) is 3.22. The fourth-order valence-electron chi connectivity index (χ4n) is 3.90. The summed E-state index contributed by atoms with van der Waals surface area (Å²) in [5, 5.41) is 9.77. The summed E-state index contributed by atoms with van der Waals surface area (Å²) in [6.07, 6.45) is 4.39. The molecule has 0 fully saturated rings. The van der Waals surface area contributed by atoms with Gasteiger partial charge in [0.05, 0.1) is 18.4 Å². The van der Waals surface area contributed by atoms with E-state index in [0.717, 1.165) is 52.7 Å². The van der Waals surface area contributed by atoms with Gasteiger partial charge in [0.2, 0.25) is 5.71 Å². The first-order valence-corrected chi connectivity index (χ1v) is 11.0. The molecule has 0 saturated carbocycles. The van der Waals surface area contributed by atoms with Gasteiger partial charge in [0.25, 0.3) is 0 Å². The van der Waals surface area contributed by atoms with Gasteiger partial charge in [-0.15, -0.1) is 0 Å². The van der Waals surface area contributed by atoms with Crippen molar-refractivity contribution in [2.45, 2.75) is 32.6 Å². The van der Waals surface area contributed by atoms with Gasteiger partial charge in [0.1, 0.15) is 5.76 Å². The number of fused-ring (bicyclic) bond motifs is 1. The maximum Gasteiger partial charge on any atom is 0.305 e. The van der Waals surface area contributed by atoms with E-state index >= 15 is 0 Å². The van der Waals surface area contributed by atoms with Crippen LogP contribution in [0.3, 0.4) is 0 Å². The molecule has 0 unspecified atom stereocenters. The summed E-state index contributed by atoms with van der Waals surface area (Å²) in [5.74, 6) is -0.0195. The third kappa shape index (κ3) is 4.89. The van der Waals surface area contributed by atoms with Crippen LogP contribution in [-0.2, 0) is 22.4 Å². The highest BCUT2D eigenvalue weighted by Gasteiger charge is 2.21. The lowest BCUT2D eigenvalue weighted by Crippen LogP contribution is -2.04. The monoisotopic (exact) mass is 429 g/mol. The number of carboxylic acids is 1. The van der Waals surface area contributed by atoms with E-state index in [-0.39, 0.29) is 13.0 Å². The molecular weight excluding hydrogens is 402 g/mol. The molecule has 2 aromatic heterocycles. The van der Waals surface area contributed by atoms with E-state index in [9.17, 15) is 4.79 Å². The number of rotatable bonds is 10. The SMILES string of the molecule is CCc1ccc(-c2c(-c3ccccc3)oc3nccc(CCCOCCC(=O)O)c23)cc1. The van der Waals surface area contributed by atoms with Gasteiger partial charge in [0.15, 0.2) is 0 Å². The van der Waals surface area contributed by atoms with E-state index in [0.29, 0.717) is 12.3 Å². The zero-order valence-electron chi connectivity index (χ0n) is 18.2. The van der Waals surface area contributed by atoms with Crippen LogP contribution in [0.15, 0.2) is 71.3 Å². The summed E-state index contributed by atoms with van der Waals surface area (Å²) in [6.45, 7) is 2.90. The van der Waals surface area contributed by atoms with Crippen LogP contribution in [0.4, 0.5) is 0 Å². The number of carbonyl (C=O) groups is 1. The highest BCUT2D eigenvalue weighted by Crippen LogP contribution is 2.41. The highest BCUT2D eigenvalue weighted by atomic mass is 16.5. The molecule has 0 saturated heterocycles. The van der Waals surface area contributed by atoms with Crippen LogP contribution < -0.4 is 0 Å². The second kappa shape index (κ2) is 10.2. The molecule has 0 aliphatic rings. The van der Waals surface area contributed by atoms with Crippen LogP contribution in [0.2, 0.25) is 0 Å². The lowest BCUT2D eigenvalue weighted by molar-refractivity contribution is -0.138. The molecule has 4 rings (SSSR count). The topological polar surface area (TPSA) is 72.6 Å². The van der Waals surface area contributed by atoms with Crippen molar-refractivity contribution >= 4 is 17.1 Å². The average molecular weight is 430 g/mol. The van der Waals surface area contributed by atoms with Gasteiger partial charge in [-0.25, -0.2) is 4.98 Å². The van der Waals surface area contributed by atoms with Crippen molar-refractivity contribution in [3.05, 3.63) is 78.0 Å². The standard InChI is InChI=1S/C27H27NO4/c1-2-19-10-12-21(13-11-19)24-25-20(9-6-17-31-18-15-23(29)30)14-16-28-27(25)32-26(24)22-7-4-3-5-8-22/h3-5,7-8,10-14,16H,2,6,9,15,17-18H2,1H3,(H,29,30). The molecule has 2 heterocycles. The summed E-state index contributed by atoms with van der Waals surface area (Å²) in [7, 11) is 0. The summed E-state index contributed by atoms with van der Waals surface area (Å²) in [5.41, 5.74) is 6.25. The number of benzene rings is 2. The first-order valence-electron chi connectivity index (χ1n) is 11.0. The van der Waals surface area contributed by atoms with Crippen LogP contribution in [0, 0.1) is 0 Å². The van der Waals surface area contributed by atoms with Crippen molar-refractivity contribution in [1.82, 2.24) is 4.98 Å². The molecule has 4 aromatic rings. The van der Waals surface area contributed by atoms with E-state index < -0.39 is 5.97 Å². The van der Waals surface area contributed by atoms with Crippen molar-refractivity contribution in [3.8, 4) is 22.5 Å². The minimum absolute atomic E-state index is 0.0274. The number of hydrogen-bond acceptors (Lipinski definition) is 4. The Hall–Kier alpha value is -3.44. The highest BCUT2D eigenvalue weighted by molar-refractivity contribution is 6.02. The molecule has 164 valence electrons. The van der Waals surface area contributed by atoms with E-state index in [1.807, 2.05) is 24.3 Å². The fraction of sp³-hybridized carbons (Fsp3) is 0.259. The Morgan fingerprint density at radius 3 is 2.50 bits per heavy atom. The van der Waals surface area contributed by atoms with Gasteiger partial charge in [0, 0.05) is 23.9 Å². The Morgan fingerprint density at radius 1 is 1.00 bits per heavy atom. The number of furan rings is 1. The van der Waals surface area contributed by atoms with Crippen LogP contribution in [0.5, 0.6) is 0 Å². The van der Waals surface area contributed by atoms with E-state index in [1.165, 1.54) is 5.56 Å². The molecule has 0 aliphatic carbocycles. The normalized spacial score (nSPS) is 11.2. The second-order valence-electron chi connectivity index (χ2n) is 7.73. The van der Waals surface area contributed by atoms with E-state index in [4.69, 9.17) is 14.3 Å². The van der Waals surface area contributed by atoms with Crippen molar-refractivity contribution in [2.24, 2.45) is 0 Å². The largest absolute Gasteiger partial charge is 0.481 e. The second-order valence-corrected chi connectivity index (χ2v) is 7.73. The van der Waals surface area contributed by atoms with Crippen molar-refractivity contribution in [2.75, 3.05) is 13.2 Å². The van der Waals surface area contributed by atoms with Crippen LogP contribution in [-0.4, -0.2) is 29.3 Å². The Kier molecular flexibility index (Phi) is 6.97. The van der Waals surface area contributed by atoms with E-state index in [1.54, 1.807) is 6.20 Å². The van der Waals surface area contributed by atoms with Gasteiger partial charge < -0.3 is 14.3 Å². The Morgan fingerprint density at radius 2 is 1.78 bits per heavy atom. The number of ether oxygens (including phenoxy) is 1. The quantitative estimate of drug-likeness (QED) is 0.306. The van der Waals surface area contributed by atoms with Gasteiger partial charge in [-0.05, 0) is 42.0 Å². The van der Waals surface area contributed by atoms with Crippen molar-refractivity contribution in [3.63, 3.8) is 0 Å². The molecule has 1 N–H and O–H groups in total. The molecule has 2 aromatic carbocycles. The molecule has 0 bridgehead atoms. The van der Waals surface area contributed by atoms with Gasteiger partial charge >= 0.3 is 5.97 Å². The predicted octanol–water partition coefficient (Wildman–Crippen LogP) is 6.15. The fourth-order valence-corrected chi connectivity index (χ4v) is 3.90. The maximum absolute atomic E-state index is 10.6. The number of aromatic nitrogens is 1. The maximum atomic E-state index is 10.6. The molecule has 0 aliphatic heterocycles. The number of carboxylic acid groups (broad SMARTS) is 1. The molecule has 0 amide bonds. The molecule has 0 spiro atoms. The minimum atomic E-state index is -0.841. The smallest absolute Gasteiger partial charge is 0.305 e.